The number of hydrogen-bond donors (Lipinski definition) is 1. The molecule has 1 N–H and O–H groups in total. The van der Waals surface area contributed by atoms with Gasteiger partial charge in [0.15, 0.2) is 0 Å². The molecule has 6 heteroatoms. The number of ether oxygens (including phenoxy) is 2. The van der Waals surface area contributed by atoms with Gasteiger partial charge in [-0.25, -0.2) is 13.1 Å². The summed E-state index contributed by atoms with van der Waals surface area (Å²) < 4.78 is 39.1. The number of aryl methyl sites for hydroxylation is 3. The lowest BCUT2D eigenvalue weighted by atomic mass is 9.92. The molecule has 1 aliphatic rings. The van der Waals surface area contributed by atoms with Gasteiger partial charge in [-0.3, -0.25) is 0 Å². The van der Waals surface area contributed by atoms with Gasteiger partial charge in [0, 0.05) is 6.54 Å². The minimum Gasteiger partial charge on any atom is -0.495 e. The summed E-state index contributed by atoms with van der Waals surface area (Å²) in [5.41, 5.74) is 3.32. The summed E-state index contributed by atoms with van der Waals surface area (Å²) in [7, 11) is -2.15. The second-order valence-corrected chi connectivity index (χ2v) is 8.23. The molecule has 1 aliphatic carbocycles. The van der Waals surface area contributed by atoms with Gasteiger partial charge in [-0.05, 0) is 67.5 Å². The van der Waals surface area contributed by atoms with Crippen molar-refractivity contribution >= 4 is 10.0 Å². The van der Waals surface area contributed by atoms with E-state index in [9.17, 15) is 8.42 Å². The van der Waals surface area contributed by atoms with Crippen LogP contribution in [0.5, 0.6) is 11.5 Å². The third-order valence-corrected chi connectivity index (χ3v) is 6.15. The summed E-state index contributed by atoms with van der Waals surface area (Å²) in [6.45, 7) is 2.41. The number of sulfonamides is 1. The van der Waals surface area contributed by atoms with Crippen LogP contribution in [0.2, 0.25) is 0 Å². The van der Waals surface area contributed by atoms with Crippen molar-refractivity contribution in [1.82, 2.24) is 4.72 Å². The first-order valence-corrected chi connectivity index (χ1v) is 10.4. The normalized spacial score (nSPS) is 13.9. The number of hydrogen-bond acceptors (Lipinski definition) is 4. The van der Waals surface area contributed by atoms with E-state index in [1.165, 1.54) is 12.7 Å². The number of benzene rings is 2. The van der Waals surface area contributed by atoms with Crippen molar-refractivity contribution in [3.63, 3.8) is 0 Å². The summed E-state index contributed by atoms with van der Waals surface area (Å²) in [4.78, 5) is 0.205. The highest BCUT2D eigenvalue weighted by molar-refractivity contribution is 7.89. The van der Waals surface area contributed by atoms with Crippen LogP contribution in [0.15, 0.2) is 41.3 Å². The van der Waals surface area contributed by atoms with E-state index in [0.717, 1.165) is 42.6 Å². The van der Waals surface area contributed by atoms with Gasteiger partial charge in [-0.1, -0.05) is 18.2 Å². The molecule has 3 rings (SSSR count). The topological polar surface area (TPSA) is 64.6 Å². The summed E-state index contributed by atoms with van der Waals surface area (Å²) >= 11 is 0. The molecule has 0 saturated carbocycles. The monoisotopic (exact) mass is 375 g/mol. The van der Waals surface area contributed by atoms with E-state index in [-0.39, 0.29) is 18.0 Å². The van der Waals surface area contributed by atoms with E-state index in [1.54, 1.807) is 6.07 Å². The second-order valence-electron chi connectivity index (χ2n) is 6.49. The van der Waals surface area contributed by atoms with Crippen molar-refractivity contribution in [2.24, 2.45) is 0 Å². The van der Waals surface area contributed by atoms with E-state index in [4.69, 9.17) is 9.47 Å². The first-order valence-electron chi connectivity index (χ1n) is 8.89. The van der Waals surface area contributed by atoms with Gasteiger partial charge in [0.25, 0.3) is 0 Å². The summed E-state index contributed by atoms with van der Waals surface area (Å²) in [6, 6.07) is 11.3. The van der Waals surface area contributed by atoms with Gasteiger partial charge < -0.3 is 9.47 Å². The van der Waals surface area contributed by atoms with Gasteiger partial charge in [-0.15, -0.1) is 0 Å². The highest BCUT2D eigenvalue weighted by Gasteiger charge is 2.23. The average molecular weight is 375 g/mol. The summed E-state index contributed by atoms with van der Waals surface area (Å²) in [5, 5.41) is 0. The number of fused-ring (bicyclic) bond motifs is 1. The molecule has 0 fully saturated rings. The van der Waals surface area contributed by atoms with Gasteiger partial charge >= 0.3 is 0 Å². The van der Waals surface area contributed by atoms with Crippen LogP contribution >= 0.6 is 0 Å². The van der Waals surface area contributed by atoms with Gasteiger partial charge in [-0.2, -0.15) is 0 Å². The van der Waals surface area contributed by atoms with E-state index < -0.39 is 10.0 Å². The van der Waals surface area contributed by atoms with Crippen molar-refractivity contribution in [3.8, 4) is 11.5 Å². The molecule has 0 atom stereocenters. The average Bonchev–Trinajstić information content (AvgIpc) is 2.65. The van der Waals surface area contributed by atoms with Crippen LogP contribution in [0.4, 0.5) is 0 Å². The summed E-state index contributed by atoms with van der Waals surface area (Å²) in [6.07, 6.45) is 4.12. The third-order valence-electron chi connectivity index (χ3n) is 4.66. The first kappa shape index (κ1) is 18.7. The SMILES string of the molecule is COc1cc2c(cc1S(=O)(=O)NCCOc1ccccc1C)CCCC2. The van der Waals surface area contributed by atoms with Crippen LogP contribution < -0.4 is 14.2 Å². The zero-order valence-corrected chi connectivity index (χ0v) is 16.1. The minimum atomic E-state index is -3.66. The first-order chi connectivity index (χ1) is 12.5. The largest absolute Gasteiger partial charge is 0.495 e. The maximum Gasteiger partial charge on any atom is 0.244 e. The fourth-order valence-electron chi connectivity index (χ4n) is 3.24. The molecule has 0 heterocycles. The molecule has 26 heavy (non-hydrogen) atoms. The predicted molar refractivity (Wildman–Crippen MR) is 101 cm³/mol. The number of methoxy groups -OCH3 is 1. The molecular formula is C20H25NO4S. The maximum absolute atomic E-state index is 12.7. The fourth-order valence-corrected chi connectivity index (χ4v) is 4.46. The molecule has 0 radical (unpaired) electrons. The molecule has 2 aromatic rings. The Balaban J connectivity index is 1.69. The Kier molecular flexibility index (Phi) is 5.84. The Morgan fingerprint density at radius 3 is 2.42 bits per heavy atom. The molecule has 140 valence electrons. The van der Waals surface area contributed by atoms with Crippen molar-refractivity contribution in [2.45, 2.75) is 37.5 Å². The van der Waals surface area contributed by atoms with E-state index in [2.05, 4.69) is 4.72 Å². The lowest BCUT2D eigenvalue weighted by molar-refractivity contribution is 0.320. The summed E-state index contributed by atoms with van der Waals surface area (Å²) in [5.74, 6) is 1.16. The smallest absolute Gasteiger partial charge is 0.244 e. The van der Waals surface area contributed by atoms with Gasteiger partial charge in [0.1, 0.15) is 23.0 Å². The molecule has 5 nitrogen and oxygen atoms in total. The Labute approximate surface area is 155 Å². The molecule has 0 amide bonds. The maximum atomic E-state index is 12.7. The van der Waals surface area contributed by atoms with Crippen molar-refractivity contribution in [3.05, 3.63) is 53.1 Å². The van der Waals surface area contributed by atoms with Crippen LogP contribution in [0.3, 0.4) is 0 Å². The van der Waals surface area contributed by atoms with Gasteiger partial charge in [0.2, 0.25) is 10.0 Å². The Morgan fingerprint density at radius 2 is 1.73 bits per heavy atom. The molecule has 2 aromatic carbocycles. The second kappa shape index (κ2) is 8.10. The third kappa shape index (κ3) is 4.19. The highest BCUT2D eigenvalue weighted by atomic mass is 32.2. The van der Waals surface area contributed by atoms with Crippen LogP contribution in [0, 0.1) is 6.92 Å². The number of rotatable bonds is 7. The van der Waals surface area contributed by atoms with E-state index in [1.807, 2.05) is 37.3 Å². The molecule has 0 unspecified atom stereocenters. The Bertz CT molecular complexity index is 877. The predicted octanol–water partition coefficient (Wildman–Crippen LogP) is 3.24. The van der Waals surface area contributed by atoms with Crippen LogP contribution in [0.1, 0.15) is 29.5 Å². The van der Waals surface area contributed by atoms with Crippen LogP contribution in [0.25, 0.3) is 0 Å². The van der Waals surface area contributed by atoms with E-state index in [0.29, 0.717) is 5.75 Å². The van der Waals surface area contributed by atoms with Crippen molar-refractivity contribution in [2.75, 3.05) is 20.3 Å². The molecule has 0 bridgehead atoms. The molecule has 0 aromatic heterocycles. The van der Waals surface area contributed by atoms with E-state index >= 15 is 0 Å². The lowest BCUT2D eigenvalue weighted by Gasteiger charge is -2.19. The zero-order chi connectivity index (χ0) is 18.6. The standard InChI is InChI=1S/C20H25NO4S/c1-15-7-3-6-10-18(15)25-12-11-21-26(22,23)20-14-17-9-5-4-8-16(17)13-19(20)24-2/h3,6-7,10,13-14,21H,4-5,8-9,11-12H2,1-2H3. The fraction of sp³-hybridized carbons (Fsp3) is 0.400. The molecule has 0 aliphatic heterocycles. The Morgan fingerprint density at radius 1 is 1.04 bits per heavy atom. The number of para-hydroxylation sites is 1. The molecule has 0 saturated heterocycles. The minimum absolute atomic E-state index is 0.191. The molecule has 0 spiro atoms. The highest BCUT2D eigenvalue weighted by Crippen LogP contribution is 2.31. The van der Waals surface area contributed by atoms with Crippen LogP contribution in [-0.4, -0.2) is 28.7 Å². The quantitative estimate of drug-likeness (QED) is 0.755. The van der Waals surface area contributed by atoms with Crippen molar-refractivity contribution in [1.29, 1.82) is 0 Å². The number of nitrogens with one attached hydrogen (secondary N) is 1. The molecular weight excluding hydrogens is 350 g/mol. The van der Waals surface area contributed by atoms with Crippen LogP contribution in [-0.2, 0) is 22.9 Å². The van der Waals surface area contributed by atoms with Crippen molar-refractivity contribution < 1.29 is 17.9 Å². The zero-order valence-electron chi connectivity index (χ0n) is 15.2. The lowest BCUT2D eigenvalue weighted by Crippen LogP contribution is -2.29. The van der Waals surface area contributed by atoms with Gasteiger partial charge in [0.05, 0.1) is 7.11 Å². The Hall–Kier alpha value is -2.05.